The van der Waals surface area contributed by atoms with Crippen LogP contribution in [0.5, 0.6) is 0 Å². The van der Waals surface area contributed by atoms with Crippen LogP contribution in [-0.2, 0) is 15.1 Å². The number of primary amides is 1. The predicted octanol–water partition coefficient (Wildman–Crippen LogP) is 1.99. The molecule has 34 heavy (non-hydrogen) atoms. The van der Waals surface area contributed by atoms with E-state index in [1.807, 2.05) is 37.3 Å². The lowest BCUT2D eigenvalue weighted by Gasteiger charge is -2.22. The van der Waals surface area contributed by atoms with Crippen LogP contribution in [0.25, 0.3) is 5.69 Å². The Balaban J connectivity index is 1.53. The van der Waals surface area contributed by atoms with Gasteiger partial charge in [0.2, 0.25) is 11.8 Å². The van der Waals surface area contributed by atoms with E-state index in [9.17, 15) is 19.2 Å². The third kappa shape index (κ3) is 3.90. The number of benzene rings is 2. The van der Waals surface area contributed by atoms with Crippen LogP contribution in [0.2, 0.25) is 0 Å². The summed E-state index contributed by atoms with van der Waals surface area (Å²) in [5.74, 6) is -1.81. The van der Waals surface area contributed by atoms with Crippen molar-refractivity contribution in [3.05, 3.63) is 77.1 Å². The fourth-order valence-electron chi connectivity index (χ4n) is 3.99. The smallest absolute Gasteiger partial charge is 0.325 e. The van der Waals surface area contributed by atoms with E-state index in [1.54, 1.807) is 23.7 Å². The number of hydrogen-bond acceptors (Lipinski definition) is 5. The summed E-state index contributed by atoms with van der Waals surface area (Å²) in [7, 11) is 0. The minimum absolute atomic E-state index is 0.207. The standard InChI is InChI=1S/C24H24N6O4/c1-14-20(15(2)30(28-14)18-10-5-4-6-11-18)26-19(31)13-29-22(33)24(3,27-23(29)34)17-9-7-8-16(12-17)21(25)32/h4-12H,13H2,1-3H3,(H2,25,32)(H,26,31)(H,27,34). The Bertz CT molecular complexity index is 1320. The average molecular weight is 460 g/mol. The maximum absolute atomic E-state index is 13.2. The molecule has 0 aliphatic carbocycles. The first-order valence-electron chi connectivity index (χ1n) is 10.6. The summed E-state index contributed by atoms with van der Waals surface area (Å²) in [6, 6.07) is 14.9. The van der Waals surface area contributed by atoms with Crippen molar-refractivity contribution >= 4 is 29.4 Å². The van der Waals surface area contributed by atoms with E-state index in [0.717, 1.165) is 10.6 Å². The van der Waals surface area contributed by atoms with Gasteiger partial charge in [-0.05, 0) is 50.6 Å². The van der Waals surface area contributed by atoms with Crippen molar-refractivity contribution < 1.29 is 19.2 Å². The minimum atomic E-state index is -1.44. The van der Waals surface area contributed by atoms with E-state index < -0.39 is 35.8 Å². The summed E-state index contributed by atoms with van der Waals surface area (Å²) in [5.41, 5.74) is 7.15. The van der Waals surface area contributed by atoms with Gasteiger partial charge in [0.15, 0.2) is 0 Å². The molecular weight excluding hydrogens is 436 g/mol. The topological polar surface area (TPSA) is 139 Å². The highest BCUT2D eigenvalue weighted by Crippen LogP contribution is 2.29. The number of nitrogens with two attached hydrogens (primary N) is 1. The van der Waals surface area contributed by atoms with Crippen molar-refractivity contribution in [3.63, 3.8) is 0 Å². The molecule has 1 aliphatic heterocycles. The first kappa shape index (κ1) is 22.7. The van der Waals surface area contributed by atoms with Crippen LogP contribution < -0.4 is 16.4 Å². The molecule has 4 N–H and O–H groups in total. The number of nitrogens with one attached hydrogen (secondary N) is 2. The van der Waals surface area contributed by atoms with Crippen molar-refractivity contribution in [2.75, 3.05) is 11.9 Å². The van der Waals surface area contributed by atoms with Crippen molar-refractivity contribution in [1.82, 2.24) is 20.0 Å². The summed E-state index contributed by atoms with van der Waals surface area (Å²) in [6.45, 7) is 4.62. The van der Waals surface area contributed by atoms with Gasteiger partial charge in [0.05, 0.1) is 22.8 Å². The lowest BCUT2D eigenvalue weighted by molar-refractivity contribution is -0.133. The van der Waals surface area contributed by atoms with Crippen LogP contribution >= 0.6 is 0 Å². The Morgan fingerprint density at radius 3 is 2.47 bits per heavy atom. The second kappa shape index (κ2) is 8.47. The summed E-state index contributed by atoms with van der Waals surface area (Å²) in [4.78, 5) is 51.0. The summed E-state index contributed by atoms with van der Waals surface area (Å²) < 4.78 is 1.71. The fraction of sp³-hybridized carbons (Fsp3) is 0.208. The highest BCUT2D eigenvalue weighted by Gasteiger charge is 2.49. The molecule has 174 valence electrons. The van der Waals surface area contributed by atoms with E-state index in [1.165, 1.54) is 19.1 Å². The van der Waals surface area contributed by atoms with Crippen molar-refractivity contribution in [2.45, 2.75) is 26.3 Å². The second-order valence-electron chi connectivity index (χ2n) is 8.23. The number of aromatic nitrogens is 2. The van der Waals surface area contributed by atoms with Crippen LogP contribution in [0.3, 0.4) is 0 Å². The molecule has 1 aliphatic rings. The number of rotatable bonds is 6. The number of imide groups is 1. The third-order valence-electron chi connectivity index (χ3n) is 5.86. The van der Waals surface area contributed by atoms with Crippen LogP contribution in [0, 0.1) is 13.8 Å². The zero-order valence-electron chi connectivity index (χ0n) is 19.0. The average Bonchev–Trinajstić information content (AvgIpc) is 3.22. The van der Waals surface area contributed by atoms with Crippen LogP contribution in [0.15, 0.2) is 54.6 Å². The Kier molecular flexibility index (Phi) is 5.66. The number of para-hydroxylation sites is 1. The number of urea groups is 1. The second-order valence-corrected chi connectivity index (χ2v) is 8.23. The van der Waals surface area contributed by atoms with E-state index in [0.29, 0.717) is 22.6 Å². The highest BCUT2D eigenvalue weighted by molar-refractivity contribution is 6.10. The molecule has 2 aromatic carbocycles. The largest absolute Gasteiger partial charge is 0.366 e. The Morgan fingerprint density at radius 2 is 1.79 bits per heavy atom. The van der Waals surface area contributed by atoms with Gasteiger partial charge in [-0.2, -0.15) is 5.10 Å². The van der Waals surface area contributed by atoms with Gasteiger partial charge in [0.1, 0.15) is 12.1 Å². The van der Waals surface area contributed by atoms with Gasteiger partial charge in [-0.1, -0.05) is 30.3 Å². The normalized spacial score (nSPS) is 17.6. The van der Waals surface area contributed by atoms with Crippen molar-refractivity contribution in [1.29, 1.82) is 0 Å². The molecule has 0 bridgehead atoms. The number of aryl methyl sites for hydroxylation is 1. The molecule has 0 radical (unpaired) electrons. The van der Waals surface area contributed by atoms with E-state index in [2.05, 4.69) is 15.7 Å². The quantitative estimate of drug-likeness (QED) is 0.483. The SMILES string of the molecule is Cc1nn(-c2ccccc2)c(C)c1NC(=O)CN1C(=O)NC(C)(c2cccc(C(N)=O)c2)C1=O. The van der Waals surface area contributed by atoms with Gasteiger partial charge in [-0.3, -0.25) is 19.3 Å². The molecule has 1 fully saturated rings. The molecule has 10 heteroatoms. The number of carbonyl (C=O) groups is 4. The minimum Gasteiger partial charge on any atom is -0.366 e. The number of nitrogens with zero attached hydrogens (tertiary/aromatic N) is 3. The number of carbonyl (C=O) groups excluding carboxylic acids is 4. The van der Waals surface area contributed by atoms with Gasteiger partial charge in [0.25, 0.3) is 5.91 Å². The Labute approximate surface area is 195 Å². The first-order valence-corrected chi connectivity index (χ1v) is 10.6. The molecule has 10 nitrogen and oxygen atoms in total. The molecule has 1 atom stereocenters. The molecule has 1 unspecified atom stereocenters. The summed E-state index contributed by atoms with van der Waals surface area (Å²) in [5, 5.41) is 9.87. The molecule has 1 aromatic heterocycles. The zero-order chi connectivity index (χ0) is 24.6. The van der Waals surface area contributed by atoms with Gasteiger partial charge >= 0.3 is 6.03 Å². The number of hydrogen-bond donors (Lipinski definition) is 3. The van der Waals surface area contributed by atoms with E-state index >= 15 is 0 Å². The molecule has 1 saturated heterocycles. The van der Waals surface area contributed by atoms with Gasteiger partial charge in [-0.15, -0.1) is 0 Å². The summed E-state index contributed by atoms with van der Waals surface area (Å²) in [6.07, 6.45) is 0. The molecule has 2 heterocycles. The molecule has 3 aromatic rings. The van der Waals surface area contributed by atoms with Crippen molar-refractivity contribution in [2.24, 2.45) is 5.73 Å². The molecular formula is C24H24N6O4. The Morgan fingerprint density at radius 1 is 1.09 bits per heavy atom. The molecule has 5 amide bonds. The van der Waals surface area contributed by atoms with E-state index in [4.69, 9.17) is 5.73 Å². The molecule has 0 spiro atoms. The maximum atomic E-state index is 13.2. The number of anilines is 1. The Hall–Kier alpha value is -4.47. The lowest BCUT2D eigenvalue weighted by atomic mass is 9.90. The van der Waals surface area contributed by atoms with Crippen LogP contribution in [0.4, 0.5) is 10.5 Å². The monoisotopic (exact) mass is 460 g/mol. The van der Waals surface area contributed by atoms with Gasteiger partial charge in [-0.25, -0.2) is 9.48 Å². The molecule has 0 saturated carbocycles. The predicted molar refractivity (Wildman–Crippen MR) is 124 cm³/mol. The van der Waals surface area contributed by atoms with Gasteiger partial charge in [0, 0.05) is 5.56 Å². The zero-order valence-corrected chi connectivity index (χ0v) is 19.0. The third-order valence-corrected chi connectivity index (χ3v) is 5.86. The molecule has 4 rings (SSSR count). The maximum Gasteiger partial charge on any atom is 0.325 e. The van der Waals surface area contributed by atoms with Gasteiger partial charge < -0.3 is 16.4 Å². The van der Waals surface area contributed by atoms with Crippen LogP contribution in [0.1, 0.15) is 34.2 Å². The van der Waals surface area contributed by atoms with Crippen LogP contribution in [-0.4, -0.2) is 45.0 Å². The highest BCUT2D eigenvalue weighted by atomic mass is 16.2. The van der Waals surface area contributed by atoms with Crippen molar-refractivity contribution in [3.8, 4) is 5.69 Å². The lowest BCUT2D eigenvalue weighted by Crippen LogP contribution is -2.42. The van der Waals surface area contributed by atoms with E-state index in [-0.39, 0.29) is 5.56 Å². The number of amides is 5. The first-order chi connectivity index (χ1) is 16.1. The fourth-order valence-corrected chi connectivity index (χ4v) is 3.99. The summed E-state index contributed by atoms with van der Waals surface area (Å²) >= 11 is 0.